The summed E-state index contributed by atoms with van der Waals surface area (Å²) in [5, 5.41) is 28.2. The van der Waals surface area contributed by atoms with Crippen LogP contribution < -0.4 is 5.32 Å². The average Bonchev–Trinajstić information content (AvgIpc) is 3.05. The van der Waals surface area contributed by atoms with E-state index in [0.29, 0.717) is 5.69 Å². The van der Waals surface area contributed by atoms with Crippen molar-refractivity contribution < 1.29 is 19.7 Å². The van der Waals surface area contributed by atoms with Crippen LogP contribution in [0.3, 0.4) is 0 Å². The zero-order chi connectivity index (χ0) is 15.1. The van der Waals surface area contributed by atoms with Crippen LogP contribution in [0.2, 0.25) is 0 Å². The lowest BCUT2D eigenvalue weighted by Crippen LogP contribution is -2.35. The molecule has 0 saturated heterocycles. The highest BCUT2D eigenvalue weighted by atomic mass is 16.5. The molecule has 2 unspecified atom stereocenters. The van der Waals surface area contributed by atoms with Gasteiger partial charge in [0.05, 0.1) is 5.69 Å². The second-order valence-electron chi connectivity index (χ2n) is 4.47. The van der Waals surface area contributed by atoms with E-state index in [2.05, 4.69) is 15.5 Å². The molecule has 1 aromatic heterocycles. The lowest BCUT2D eigenvalue weighted by atomic mass is 10.1. The van der Waals surface area contributed by atoms with Gasteiger partial charge in [-0.2, -0.15) is 5.10 Å². The Kier molecular flexibility index (Phi) is 5.30. The maximum Gasteiger partial charge on any atom is 0.407 e. The summed E-state index contributed by atoms with van der Waals surface area (Å²) in [6.45, 7) is 0.0136. The van der Waals surface area contributed by atoms with Crippen molar-refractivity contribution in [2.24, 2.45) is 0 Å². The number of hydrogen-bond acceptors (Lipinski definition) is 5. The van der Waals surface area contributed by atoms with Crippen LogP contribution in [0.25, 0.3) is 0 Å². The minimum absolute atomic E-state index is 0.131. The summed E-state index contributed by atoms with van der Waals surface area (Å²) in [6.07, 6.45) is -1.50. The van der Waals surface area contributed by atoms with Gasteiger partial charge in [-0.25, -0.2) is 4.79 Å². The number of nitrogens with zero attached hydrogens (tertiary/aromatic N) is 1. The van der Waals surface area contributed by atoms with E-state index in [-0.39, 0.29) is 13.2 Å². The molecule has 0 bridgehead atoms. The molecule has 4 N–H and O–H groups in total. The van der Waals surface area contributed by atoms with E-state index < -0.39 is 18.3 Å². The predicted octanol–water partition coefficient (Wildman–Crippen LogP) is 0.730. The van der Waals surface area contributed by atoms with E-state index in [1.165, 1.54) is 6.20 Å². The van der Waals surface area contributed by atoms with Crippen LogP contribution in [-0.2, 0) is 11.3 Å². The highest BCUT2D eigenvalue weighted by molar-refractivity contribution is 5.67. The molecule has 7 nitrogen and oxygen atoms in total. The van der Waals surface area contributed by atoms with Gasteiger partial charge in [0.1, 0.15) is 18.8 Å². The van der Waals surface area contributed by atoms with E-state index >= 15 is 0 Å². The zero-order valence-electron chi connectivity index (χ0n) is 11.3. The Balaban J connectivity index is 1.71. The normalized spacial score (nSPS) is 13.4. The number of ether oxygens (including phenoxy) is 1. The van der Waals surface area contributed by atoms with Gasteiger partial charge in [0.15, 0.2) is 0 Å². The summed E-state index contributed by atoms with van der Waals surface area (Å²) in [4.78, 5) is 11.5. The van der Waals surface area contributed by atoms with E-state index in [1.807, 2.05) is 30.3 Å². The fraction of sp³-hybridized carbons (Fsp3) is 0.286. The summed E-state index contributed by atoms with van der Waals surface area (Å²) < 4.78 is 4.99. The molecule has 2 atom stereocenters. The van der Waals surface area contributed by atoms with Crippen molar-refractivity contribution in [3.05, 3.63) is 53.9 Å². The number of carbonyl (C=O) groups excluding carboxylic acids is 1. The molecule has 2 rings (SSSR count). The van der Waals surface area contributed by atoms with Gasteiger partial charge >= 0.3 is 6.09 Å². The van der Waals surface area contributed by atoms with E-state index in [1.54, 1.807) is 6.07 Å². The Morgan fingerprint density at radius 3 is 2.71 bits per heavy atom. The molecule has 0 aliphatic heterocycles. The van der Waals surface area contributed by atoms with Crippen LogP contribution in [0, 0.1) is 0 Å². The van der Waals surface area contributed by atoms with Crippen molar-refractivity contribution in [2.75, 3.05) is 6.54 Å². The standard InChI is InChI=1S/C14H17N3O4/c18-12(13(19)11-6-7-16-17-11)8-15-14(20)21-9-10-4-2-1-3-5-10/h1-7,12-13,18-19H,8-9H2,(H,15,20)(H,16,17). The fourth-order valence-electron chi connectivity index (χ4n) is 1.71. The summed E-state index contributed by atoms with van der Waals surface area (Å²) in [6, 6.07) is 10.8. The van der Waals surface area contributed by atoms with Crippen molar-refractivity contribution in [1.82, 2.24) is 15.5 Å². The van der Waals surface area contributed by atoms with Gasteiger partial charge in [0, 0.05) is 12.7 Å². The number of hydrogen-bond donors (Lipinski definition) is 4. The van der Waals surface area contributed by atoms with Gasteiger partial charge in [-0.1, -0.05) is 30.3 Å². The minimum atomic E-state index is -1.16. The van der Waals surface area contributed by atoms with Crippen LogP contribution in [0.4, 0.5) is 4.79 Å². The van der Waals surface area contributed by atoms with Gasteiger partial charge < -0.3 is 20.3 Å². The molecule has 112 valence electrons. The highest BCUT2D eigenvalue weighted by Crippen LogP contribution is 2.12. The second-order valence-corrected chi connectivity index (χ2v) is 4.47. The van der Waals surface area contributed by atoms with Crippen molar-refractivity contribution in [2.45, 2.75) is 18.8 Å². The Hall–Kier alpha value is -2.38. The Bertz CT molecular complexity index is 545. The molecule has 1 heterocycles. The Morgan fingerprint density at radius 2 is 2.05 bits per heavy atom. The third-order valence-electron chi connectivity index (χ3n) is 2.87. The average molecular weight is 291 g/mol. The molecule has 0 spiro atoms. The Morgan fingerprint density at radius 1 is 1.29 bits per heavy atom. The molecule has 0 radical (unpaired) electrons. The maximum atomic E-state index is 11.5. The first-order valence-corrected chi connectivity index (χ1v) is 6.47. The van der Waals surface area contributed by atoms with Crippen LogP contribution in [0.5, 0.6) is 0 Å². The first-order valence-electron chi connectivity index (χ1n) is 6.47. The molecule has 7 heteroatoms. The highest BCUT2D eigenvalue weighted by Gasteiger charge is 2.20. The molecule has 0 saturated carbocycles. The summed E-state index contributed by atoms with van der Waals surface area (Å²) in [5.74, 6) is 0. The topological polar surface area (TPSA) is 107 Å². The minimum Gasteiger partial charge on any atom is -0.445 e. The van der Waals surface area contributed by atoms with E-state index in [9.17, 15) is 15.0 Å². The SMILES string of the molecule is O=C(NCC(O)C(O)c1ccn[nH]1)OCc1ccccc1. The maximum absolute atomic E-state index is 11.5. The summed E-state index contributed by atoms with van der Waals surface area (Å²) >= 11 is 0. The van der Waals surface area contributed by atoms with E-state index in [4.69, 9.17) is 4.74 Å². The van der Waals surface area contributed by atoms with Gasteiger partial charge in [-0.3, -0.25) is 5.10 Å². The number of carbonyl (C=O) groups is 1. The number of aromatic nitrogens is 2. The Labute approximate surface area is 121 Å². The molecular formula is C14H17N3O4. The number of aliphatic hydroxyl groups excluding tert-OH is 2. The zero-order valence-corrected chi connectivity index (χ0v) is 11.3. The molecule has 1 aromatic carbocycles. The molecule has 0 aliphatic rings. The van der Waals surface area contributed by atoms with Crippen LogP contribution in [0.15, 0.2) is 42.6 Å². The number of amides is 1. The third kappa shape index (κ3) is 4.59. The van der Waals surface area contributed by atoms with Gasteiger partial charge in [0.2, 0.25) is 0 Å². The van der Waals surface area contributed by atoms with Crippen molar-refractivity contribution in [1.29, 1.82) is 0 Å². The summed E-state index contributed by atoms with van der Waals surface area (Å²) in [7, 11) is 0. The largest absolute Gasteiger partial charge is 0.445 e. The first-order chi connectivity index (χ1) is 10.2. The molecule has 21 heavy (non-hydrogen) atoms. The van der Waals surface area contributed by atoms with Crippen LogP contribution >= 0.6 is 0 Å². The lowest BCUT2D eigenvalue weighted by molar-refractivity contribution is 0.0159. The van der Waals surface area contributed by atoms with Crippen molar-refractivity contribution in [3.63, 3.8) is 0 Å². The number of H-pyrrole nitrogens is 1. The number of nitrogens with one attached hydrogen (secondary N) is 2. The fourth-order valence-corrected chi connectivity index (χ4v) is 1.71. The molecule has 1 amide bonds. The third-order valence-corrected chi connectivity index (χ3v) is 2.87. The van der Waals surface area contributed by atoms with Crippen LogP contribution in [-0.4, -0.2) is 39.2 Å². The number of aromatic amines is 1. The quantitative estimate of drug-likeness (QED) is 0.627. The number of benzene rings is 1. The van der Waals surface area contributed by atoms with Crippen LogP contribution in [0.1, 0.15) is 17.4 Å². The molecular weight excluding hydrogens is 274 g/mol. The number of aliphatic hydroxyl groups is 2. The molecule has 0 aliphatic carbocycles. The smallest absolute Gasteiger partial charge is 0.407 e. The van der Waals surface area contributed by atoms with Gasteiger partial charge in [0.25, 0.3) is 0 Å². The summed E-state index contributed by atoms with van der Waals surface area (Å²) in [5.41, 5.74) is 1.24. The van der Waals surface area contributed by atoms with Gasteiger partial charge in [-0.15, -0.1) is 0 Å². The van der Waals surface area contributed by atoms with Crippen molar-refractivity contribution >= 4 is 6.09 Å². The predicted molar refractivity (Wildman–Crippen MR) is 74.2 cm³/mol. The first kappa shape index (κ1) is 15.0. The second kappa shape index (κ2) is 7.41. The number of alkyl carbamates (subject to hydrolysis) is 1. The van der Waals surface area contributed by atoms with Crippen molar-refractivity contribution in [3.8, 4) is 0 Å². The van der Waals surface area contributed by atoms with Gasteiger partial charge in [-0.05, 0) is 11.6 Å². The lowest BCUT2D eigenvalue weighted by Gasteiger charge is -2.16. The number of rotatable bonds is 6. The monoisotopic (exact) mass is 291 g/mol. The van der Waals surface area contributed by atoms with E-state index in [0.717, 1.165) is 5.56 Å². The molecule has 2 aromatic rings. The molecule has 0 fully saturated rings.